The Labute approximate surface area is 115 Å². The average Bonchev–Trinajstić information content (AvgIpc) is 3.11. The molecule has 0 saturated carbocycles. The van der Waals surface area contributed by atoms with Gasteiger partial charge in [0, 0.05) is 24.0 Å². The number of ether oxygens (including phenoxy) is 1. The largest absolute Gasteiger partial charge is 0.373 e. The first-order chi connectivity index (χ1) is 8.63. The summed E-state index contributed by atoms with van der Waals surface area (Å²) in [6.07, 6.45) is 1.62. The van der Waals surface area contributed by atoms with Gasteiger partial charge >= 0.3 is 0 Å². The maximum Gasteiger partial charge on any atom is 0.0850 e. The zero-order chi connectivity index (χ0) is 13.0. The molecule has 1 atom stereocenters. The molecule has 1 saturated heterocycles. The topological polar surface area (TPSA) is 12.5 Å². The number of benzene rings is 1. The standard InChI is InChI=1S/C15H24OSi2/c1-17(2)7-8-18(3)12-14-6-4-5-13(9-14)10-15-11-16-15/h4-6,9,15H,7-8,10-12H2,1-3H3. The van der Waals surface area contributed by atoms with Crippen LogP contribution in [0.25, 0.3) is 0 Å². The van der Waals surface area contributed by atoms with Gasteiger partial charge in [-0.05, 0) is 11.6 Å². The Morgan fingerprint density at radius 1 is 1.17 bits per heavy atom. The van der Waals surface area contributed by atoms with Crippen LogP contribution in [0.5, 0.6) is 0 Å². The molecule has 0 spiro atoms. The van der Waals surface area contributed by atoms with Crippen molar-refractivity contribution in [2.45, 2.75) is 50.3 Å². The van der Waals surface area contributed by atoms with E-state index in [1.54, 1.807) is 5.56 Å². The zero-order valence-corrected chi connectivity index (χ0v) is 13.8. The summed E-state index contributed by atoms with van der Waals surface area (Å²) in [4.78, 5) is 0. The summed E-state index contributed by atoms with van der Waals surface area (Å²) < 4.78 is 5.31. The van der Waals surface area contributed by atoms with Crippen molar-refractivity contribution in [3.63, 3.8) is 0 Å². The number of rotatable bonds is 7. The van der Waals surface area contributed by atoms with Crippen LogP contribution in [-0.2, 0) is 17.2 Å². The minimum atomic E-state index is -0.172. The van der Waals surface area contributed by atoms with E-state index in [1.807, 2.05) is 0 Å². The predicted octanol–water partition coefficient (Wildman–Crippen LogP) is 3.59. The van der Waals surface area contributed by atoms with E-state index in [4.69, 9.17) is 4.74 Å². The first kappa shape index (κ1) is 14.0. The Morgan fingerprint density at radius 3 is 2.56 bits per heavy atom. The Bertz CT molecular complexity index is 375. The fraction of sp³-hybridized carbons (Fsp3) is 0.600. The fourth-order valence-electron chi connectivity index (χ4n) is 2.22. The van der Waals surface area contributed by atoms with E-state index < -0.39 is 0 Å². The lowest BCUT2D eigenvalue weighted by molar-refractivity contribution is 0.407. The number of epoxide rings is 1. The van der Waals surface area contributed by atoms with E-state index in [0.29, 0.717) is 6.10 Å². The monoisotopic (exact) mass is 276 g/mol. The van der Waals surface area contributed by atoms with Crippen LogP contribution in [0.15, 0.2) is 24.3 Å². The molecule has 1 aliphatic heterocycles. The summed E-state index contributed by atoms with van der Waals surface area (Å²) in [7, 11) is -0.199. The van der Waals surface area contributed by atoms with Crippen LogP contribution in [0.3, 0.4) is 0 Å². The minimum absolute atomic E-state index is 0.0276. The fourth-order valence-corrected chi connectivity index (χ4v) is 7.02. The molecule has 1 unspecified atom stereocenters. The van der Waals surface area contributed by atoms with Crippen LogP contribution in [0, 0.1) is 0 Å². The predicted molar refractivity (Wildman–Crippen MR) is 82.3 cm³/mol. The molecule has 0 aromatic heterocycles. The Balaban J connectivity index is 1.83. The van der Waals surface area contributed by atoms with Crippen LogP contribution in [-0.4, -0.2) is 30.3 Å². The lowest BCUT2D eigenvalue weighted by atomic mass is 10.1. The highest BCUT2D eigenvalue weighted by Gasteiger charge is 2.22. The van der Waals surface area contributed by atoms with Crippen LogP contribution >= 0.6 is 0 Å². The van der Waals surface area contributed by atoms with E-state index in [-0.39, 0.29) is 17.6 Å². The average molecular weight is 277 g/mol. The molecule has 0 amide bonds. The maximum atomic E-state index is 5.31. The second-order valence-electron chi connectivity index (χ2n) is 5.82. The molecule has 1 nitrogen and oxygen atoms in total. The van der Waals surface area contributed by atoms with Gasteiger partial charge in [-0.1, -0.05) is 61.6 Å². The highest BCUT2D eigenvalue weighted by molar-refractivity contribution is 6.62. The first-order valence-corrected chi connectivity index (χ1v) is 12.1. The molecular formula is C15H24OSi2. The molecule has 1 aliphatic rings. The molecule has 1 aromatic rings. The van der Waals surface area contributed by atoms with E-state index in [0.717, 1.165) is 13.0 Å². The Hall–Kier alpha value is -0.386. The normalized spacial score (nSPS) is 18.6. The first-order valence-electron chi connectivity index (χ1n) is 6.93. The van der Waals surface area contributed by atoms with Crippen molar-refractivity contribution in [2.75, 3.05) is 6.61 Å². The SMILES string of the molecule is C[Si](C)CC[Si](C)Cc1cccc(CC2CO2)c1. The summed E-state index contributed by atoms with van der Waals surface area (Å²) in [6, 6.07) is 13.5. The molecule has 98 valence electrons. The van der Waals surface area contributed by atoms with Gasteiger partial charge in [-0.15, -0.1) is 0 Å². The molecule has 1 fully saturated rings. The third kappa shape index (κ3) is 5.08. The molecule has 3 heteroatoms. The molecule has 1 heterocycles. The number of hydrogen-bond donors (Lipinski definition) is 0. The zero-order valence-electron chi connectivity index (χ0n) is 11.8. The lowest BCUT2D eigenvalue weighted by Gasteiger charge is -2.11. The van der Waals surface area contributed by atoms with Crippen molar-refractivity contribution >= 4 is 17.6 Å². The van der Waals surface area contributed by atoms with Gasteiger partial charge in [0.1, 0.15) is 0 Å². The summed E-state index contributed by atoms with van der Waals surface area (Å²) >= 11 is 0. The van der Waals surface area contributed by atoms with E-state index in [1.165, 1.54) is 23.7 Å². The van der Waals surface area contributed by atoms with Gasteiger partial charge in [0.25, 0.3) is 0 Å². The highest BCUT2D eigenvalue weighted by atomic mass is 28.3. The quantitative estimate of drug-likeness (QED) is 0.548. The van der Waals surface area contributed by atoms with Crippen molar-refractivity contribution in [1.82, 2.24) is 0 Å². The van der Waals surface area contributed by atoms with Gasteiger partial charge < -0.3 is 4.74 Å². The lowest BCUT2D eigenvalue weighted by Crippen LogP contribution is -2.14. The van der Waals surface area contributed by atoms with Crippen molar-refractivity contribution in [2.24, 2.45) is 0 Å². The van der Waals surface area contributed by atoms with E-state index in [2.05, 4.69) is 43.9 Å². The van der Waals surface area contributed by atoms with Crippen molar-refractivity contribution in [3.05, 3.63) is 35.4 Å². The van der Waals surface area contributed by atoms with Gasteiger partial charge in [0.2, 0.25) is 0 Å². The minimum Gasteiger partial charge on any atom is -0.373 e. The molecule has 1 aromatic carbocycles. The molecular weight excluding hydrogens is 252 g/mol. The maximum absolute atomic E-state index is 5.31. The molecule has 0 bridgehead atoms. The smallest absolute Gasteiger partial charge is 0.0850 e. The highest BCUT2D eigenvalue weighted by Crippen LogP contribution is 2.18. The summed E-state index contributed by atoms with van der Waals surface area (Å²) in [5.41, 5.74) is 3.01. The number of hydrogen-bond acceptors (Lipinski definition) is 1. The van der Waals surface area contributed by atoms with Crippen molar-refractivity contribution in [1.29, 1.82) is 0 Å². The van der Waals surface area contributed by atoms with Gasteiger partial charge in [-0.25, -0.2) is 0 Å². The van der Waals surface area contributed by atoms with Gasteiger partial charge in [-0.3, -0.25) is 0 Å². The molecule has 0 N–H and O–H groups in total. The van der Waals surface area contributed by atoms with Crippen LogP contribution in [0.4, 0.5) is 0 Å². The third-order valence-corrected chi connectivity index (χ3v) is 7.28. The van der Waals surface area contributed by atoms with Crippen molar-refractivity contribution < 1.29 is 4.74 Å². The van der Waals surface area contributed by atoms with Gasteiger partial charge in [0.15, 0.2) is 0 Å². The van der Waals surface area contributed by atoms with E-state index >= 15 is 0 Å². The summed E-state index contributed by atoms with van der Waals surface area (Å²) in [5.74, 6) is 0. The second-order valence-corrected chi connectivity index (χ2v) is 11.5. The Morgan fingerprint density at radius 2 is 1.89 bits per heavy atom. The summed E-state index contributed by atoms with van der Waals surface area (Å²) in [6.45, 7) is 8.31. The molecule has 2 rings (SSSR count). The second kappa shape index (κ2) is 6.69. The summed E-state index contributed by atoms with van der Waals surface area (Å²) in [5, 5.41) is 0. The molecule has 18 heavy (non-hydrogen) atoms. The van der Waals surface area contributed by atoms with Crippen LogP contribution in [0.2, 0.25) is 31.7 Å². The van der Waals surface area contributed by atoms with Crippen molar-refractivity contribution in [3.8, 4) is 0 Å². The van der Waals surface area contributed by atoms with Gasteiger partial charge in [0.05, 0.1) is 12.7 Å². The van der Waals surface area contributed by atoms with Crippen LogP contribution < -0.4 is 0 Å². The molecule has 2 radical (unpaired) electrons. The Kier molecular flexibility index (Phi) is 5.21. The third-order valence-electron chi connectivity index (χ3n) is 3.41. The van der Waals surface area contributed by atoms with E-state index in [9.17, 15) is 0 Å². The van der Waals surface area contributed by atoms with Gasteiger partial charge in [-0.2, -0.15) is 0 Å². The molecule has 0 aliphatic carbocycles. The van der Waals surface area contributed by atoms with Crippen LogP contribution in [0.1, 0.15) is 11.1 Å².